The van der Waals surface area contributed by atoms with Crippen molar-refractivity contribution < 1.29 is 19.1 Å². The lowest BCUT2D eigenvalue weighted by Crippen LogP contribution is -2.54. The second-order valence-electron chi connectivity index (χ2n) is 6.83. The van der Waals surface area contributed by atoms with Gasteiger partial charge in [0.05, 0.1) is 6.61 Å². The standard InChI is InChI=1S/C19H25NO4/c1-6-23-16(21)19(15-10-8-7-9-11-15)14(2)12-13-20(19)17(22)24-18(3,4)5/h7-14H,6H2,1-5H3. The fourth-order valence-corrected chi connectivity index (χ4v) is 2.94. The molecule has 5 heteroatoms. The number of nitrogens with zero attached hydrogens (tertiary/aromatic N) is 1. The molecule has 1 aromatic carbocycles. The van der Waals surface area contributed by atoms with Gasteiger partial charge in [0.1, 0.15) is 5.60 Å². The zero-order valence-corrected chi connectivity index (χ0v) is 14.9. The zero-order chi connectivity index (χ0) is 18.0. The first-order valence-electron chi connectivity index (χ1n) is 8.17. The third-order valence-corrected chi connectivity index (χ3v) is 3.95. The van der Waals surface area contributed by atoms with E-state index in [-0.39, 0.29) is 12.5 Å². The highest BCUT2D eigenvalue weighted by molar-refractivity contribution is 5.89. The lowest BCUT2D eigenvalue weighted by Gasteiger charge is -2.39. The largest absolute Gasteiger partial charge is 0.464 e. The Hall–Kier alpha value is -2.30. The van der Waals surface area contributed by atoms with E-state index in [0.29, 0.717) is 5.56 Å². The normalized spacial score (nSPS) is 23.2. The lowest BCUT2D eigenvalue weighted by atomic mass is 9.79. The average molecular weight is 331 g/mol. The summed E-state index contributed by atoms with van der Waals surface area (Å²) in [5.74, 6) is -0.703. The number of rotatable bonds is 3. The molecule has 0 aromatic heterocycles. The van der Waals surface area contributed by atoms with E-state index >= 15 is 0 Å². The summed E-state index contributed by atoms with van der Waals surface area (Å²) in [5.41, 5.74) is -1.21. The fourth-order valence-electron chi connectivity index (χ4n) is 2.94. The van der Waals surface area contributed by atoms with Crippen molar-refractivity contribution in [3.8, 4) is 0 Å². The SMILES string of the molecule is CCOC(=O)C1(c2ccccc2)C(C)C=CN1C(=O)OC(C)(C)C. The Balaban J connectivity index is 2.54. The molecule has 0 spiro atoms. The number of hydrogen-bond donors (Lipinski definition) is 0. The summed E-state index contributed by atoms with van der Waals surface area (Å²) in [4.78, 5) is 27.1. The average Bonchev–Trinajstić information content (AvgIpc) is 2.85. The quantitative estimate of drug-likeness (QED) is 0.790. The van der Waals surface area contributed by atoms with Gasteiger partial charge in [-0.1, -0.05) is 43.3 Å². The van der Waals surface area contributed by atoms with Gasteiger partial charge in [-0.05, 0) is 33.3 Å². The van der Waals surface area contributed by atoms with E-state index in [2.05, 4.69) is 0 Å². The first-order chi connectivity index (χ1) is 11.2. The van der Waals surface area contributed by atoms with Gasteiger partial charge in [0.2, 0.25) is 0 Å². The lowest BCUT2D eigenvalue weighted by molar-refractivity contribution is -0.158. The van der Waals surface area contributed by atoms with Crippen molar-refractivity contribution in [1.29, 1.82) is 0 Å². The van der Waals surface area contributed by atoms with Gasteiger partial charge in [0.25, 0.3) is 0 Å². The highest BCUT2D eigenvalue weighted by Gasteiger charge is 2.55. The van der Waals surface area contributed by atoms with Crippen molar-refractivity contribution in [2.45, 2.75) is 45.8 Å². The minimum atomic E-state index is -1.25. The number of carbonyl (C=O) groups is 2. The zero-order valence-electron chi connectivity index (χ0n) is 14.9. The van der Waals surface area contributed by atoms with Crippen LogP contribution >= 0.6 is 0 Å². The highest BCUT2D eigenvalue weighted by atomic mass is 16.6. The molecule has 0 fully saturated rings. The molecule has 1 aliphatic rings. The summed E-state index contributed by atoms with van der Waals surface area (Å²) in [6.07, 6.45) is 2.87. The summed E-state index contributed by atoms with van der Waals surface area (Å²) in [6, 6.07) is 9.21. The molecule has 1 amide bonds. The van der Waals surface area contributed by atoms with Crippen LogP contribution in [0, 0.1) is 5.92 Å². The second-order valence-corrected chi connectivity index (χ2v) is 6.83. The Morgan fingerprint density at radius 2 is 1.83 bits per heavy atom. The van der Waals surface area contributed by atoms with Crippen molar-refractivity contribution in [2.75, 3.05) is 6.61 Å². The predicted octanol–water partition coefficient (Wildman–Crippen LogP) is 3.85. The molecular formula is C19H25NO4. The Morgan fingerprint density at radius 3 is 2.38 bits per heavy atom. The molecule has 0 aliphatic carbocycles. The van der Waals surface area contributed by atoms with Crippen LogP contribution in [0.15, 0.2) is 42.6 Å². The van der Waals surface area contributed by atoms with Crippen molar-refractivity contribution in [3.05, 3.63) is 48.2 Å². The highest BCUT2D eigenvalue weighted by Crippen LogP contribution is 2.43. The molecule has 0 radical (unpaired) electrons. The summed E-state index contributed by atoms with van der Waals surface area (Å²) >= 11 is 0. The number of benzene rings is 1. The van der Waals surface area contributed by atoms with Gasteiger partial charge < -0.3 is 9.47 Å². The molecule has 2 rings (SSSR count). The van der Waals surface area contributed by atoms with Crippen molar-refractivity contribution in [2.24, 2.45) is 5.92 Å². The maximum absolute atomic E-state index is 12.9. The molecule has 0 bridgehead atoms. The Kier molecular flexibility index (Phi) is 5.02. The molecule has 2 unspecified atom stereocenters. The molecular weight excluding hydrogens is 306 g/mol. The van der Waals surface area contributed by atoms with Crippen LogP contribution in [0.1, 0.15) is 40.2 Å². The Morgan fingerprint density at radius 1 is 1.21 bits per heavy atom. The van der Waals surface area contributed by atoms with Gasteiger partial charge in [-0.3, -0.25) is 4.90 Å². The van der Waals surface area contributed by atoms with Crippen LogP contribution in [0.2, 0.25) is 0 Å². The fraction of sp³-hybridized carbons (Fsp3) is 0.474. The third kappa shape index (κ3) is 3.16. The third-order valence-electron chi connectivity index (χ3n) is 3.95. The molecule has 2 atom stereocenters. The molecule has 1 heterocycles. The van der Waals surface area contributed by atoms with E-state index in [1.54, 1.807) is 33.9 Å². The smallest absolute Gasteiger partial charge is 0.415 e. The molecule has 0 saturated heterocycles. The van der Waals surface area contributed by atoms with Gasteiger partial charge in [-0.25, -0.2) is 9.59 Å². The van der Waals surface area contributed by atoms with Crippen LogP contribution in [0.4, 0.5) is 4.79 Å². The minimum Gasteiger partial charge on any atom is -0.464 e. The molecule has 130 valence electrons. The Labute approximate surface area is 143 Å². The van der Waals surface area contributed by atoms with Crippen LogP contribution in [0.3, 0.4) is 0 Å². The van der Waals surface area contributed by atoms with Gasteiger partial charge >= 0.3 is 12.1 Å². The maximum atomic E-state index is 12.9. The van der Waals surface area contributed by atoms with E-state index in [0.717, 1.165) is 0 Å². The number of amides is 1. The molecule has 1 aliphatic heterocycles. The van der Waals surface area contributed by atoms with Gasteiger partial charge in [0.15, 0.2) is 5.54 Å². The van der Waals surface area contributed by atoms with E-state index < -0.39 is 23.2 Å². The number of carbonyl (C=O) groups excluding carboxylic acids is 2. The van der Waals surface area contributed by atoms with Gasteiger partial charge in [-0.2, -0.15) is 0 Å². The second kappa shape index (κ2) is 6.67. The van der Waals surface area contributed by atoms with E-state index in [9.17, 15) is 9.59 Å². The van der Waals surface area contributed by atoms with Crippen molar-refractivity contribution >= 4 is 12.1 Å². The number of hydrogen-bond acceptors (Lipinski definition) is 4. The molecule has 1 aromatic rings. The van der Waals surface area contributed by atoms with E-state index in [1.807, 2.05) is 43.3 Å². The maximum Gasteiger partial charge on any atom is 0.415 e. The predicted molar refractivity (Wildman–Crippen MR) is 91.1 cm³/mol. The Bertz CT molecular complexity index is 633. The summed E-state index contributed by atoms with van der Waals surface area (Å²) in [5, 5.41) is 0. The first-order valence-corrected chi connectivity index (χ1v) is 8.17. The summed E-state index contributed by atoms with van der Waals surface area (Å²) in [6.45, 7) is 9.27. The number of esters is 1. The van der Waals surface area contributed by atoms with Crippen LogP contribution in [0.25, 0.3) is 0 Å². The van der Waals surface area contributed by atoms with Crippen LogP contribution in [-0.2, 0) is 19.8 Å². The van der Waals surface area contributed by atoms with Crippen LogP contribution in [0.5, 0.6) is 0 Å². The minimum absolute atomic E-state index is 0.238. The summed E-state index contributed by atoms with van der Waals surface area (Å²) in [7, 11) is 0. The van der Waals surface area contributed by atoms with Crippen LogP contribution in [-0.4, -0.2) is 29.2 Å². The molecule has 0 saturated carbocycles. The number of ether oxygens (including phenoxy) is 2. The van der Waals surface area contributed by atoms with Gasteiger partial charge in [-0.15, -0.1) is 0 Å². The van der Waals surface area contributed by atoms with Crippen molar-refractivity contribution in [1.82, 2.24) is 4.90 Å². The van der Waals surface area contributed by atoms with Crippen molar-refractivity contribution in [3.63, 3.8) is 0 Å². The molecule has 24 heavy (non-hydrogen) atoms. The molecule has 5 nitrogen and oxygen atoms in total. The monoisotopic (exact) mass is 331 g/mol. The van der Waals surface area contributed by atoms with Crippen LogP contribution < -0.4 is 0 Å². The summed E-state index contributed by atoms with van der Waals surface area (Å²) < 4.78 is 10.8. The van der Waals surface area contributed by atoms with E-state index in [1.165, 1.54) is 4.90 Å². The molecule has 0 N–H and O–H groups in total. The van der Waals surface area contributed by atoms with Gasteiger partial charge in [0, 0.05) is 12.1 Å². The van der Waals surface area contributed by atoms with E-state index in [4.69, 9.17) is 9.47 Å². The topological polar surface area (TPSA) is 55.8 Å². The first kappa shape index (κ1) is 18.0.